The van der Waals surface area contributed by atoms with E-state index in [9.17, 15) is 24.3 Å². The first kappa shape index (κ1) is 40.2. The third-order valence-corrected chi connectivity index (χ3v) is 9.42. The van der Waals surface area contributed by atoms with Gasteiger partial charge < -0.3 is 50.4 Å². The van der Waals surface area contributed by atoms with Crippen LogP contribution in [0.5, 0.6) is 5.88 Å². The van der Waals surface area contributed by atoms with E-state index in [-0.39, 0.29) is 66.2 Å². The molecule has 0 spiro atoms. The lowest BCUT2D eigenvalue weighted by Gasteiger charge is -2.34. The zero-order chi connectivity index (χ0) is 39.9. The van der Waals surface area contributed by atoms with Gasteiger partial charge in [-0.2, -0.15) is 5.10 Å². The van der Waals surface area contributed by atoms with Crippen LogP contribution < -0.4 is 41.1 Å². The second-order valence-electron chi connectivity index (χ2n) is 12.7. The standard InChI is InChI=1S/C35H41Cl2N11O8/c1-19(54-3)30-23(18-40-27-16-26(37)45-48(27)30)43-34(52)42-22-15-20(36)17-41-33(22)56-14-11-39-28(49)9-12-55-13-10-38-21-5-4-6-24-31(21)46(2)35(53)47(24)25-7-8-29(50)44-32(25)51/h4-6,15-19,25,35,38,53H,7-14H2,1-3H3,(H,39,49)(H2,42,43,52)(H,44,50,51)/t19-,25?,35?/m0/s1. The van der Waals surface area contributed by atoms with Gasteiger partial charge in [-0.15, -0.1) is 0 Å². The first-order valence-electron chi connectivity index (χ1n) is 17.6. The number of nitrogens with one attached hydrogen (secondary N) is 5. The number of aromatic nitrogens is 4. The highest BCUT2D eigenvalue weighted by Crippen LogP contribution is 2.45. The molecule has 1 fully saturated rings. The number of urea groups is 1. The van der Waals surface area contributed by atoms with Gasteiger partial charge in [0.15, 0.2) is 10.8 Å². The van der Waals surface area contributed by atoms with Crippen LogP contribution in [0.4, 0.5) is 33.2 Å². The molecule has 1 aromatic carbocycles. The SMILES string of the molecule is CO[C@@H](C)c1c(NC(=O)Nc2cc(Cl)cnc2OCCNC(=O)CCOCCNc2cccc3c2N(C)C(O)N3C2CCC(=O)NC2=O)cnc2cc(Cl)nn12. The molecule has 4 aromatic rings. The van der Waals surface area contributed by atoms with Crippen molar-refractivity contribution in [2.45, 2.75) is 44.7 Å². The van der Waals surface area contributed by atoms with Crippen LogP contribution in [0.2, 0.25) is 10.2 Å². The normalized spacial score (nSPS) is 17.0. The van der Waals surface area contributed by atoms with Crippen LogP contribution in [0.1, 0.15) is 38.0 Å². The Morgan fingerprint density at radius 3 is 2.64 bits per heavy atom. The van der Waals surface area contributed by atoms with Crippen molar-refractivity contribution < 1.29 is 38.5 Å². The van der Waals surface area contributed by atoms with Crippen LogP contribution in [0, 0.1) is 0 Å². The summed E-state index contributed by atoms with van der Waals surface area (Å²) in [7, 11) is 3.25. The lowest BCUT2D eigenvalue weighted by Crippen LogP contribution is -2.56. The molecule has 3 aromatic heterocycles. The quantitative estimate of drug-likeness (QED) is 0.0707. The maximum atomic E-state index is 13.1. The van der Waals surface area contributed by atoms with Crippen molar-refractivity contribution in [2.24, 2.45) is 0 Å². The molecule has 0 radical (unpaired) electrons. The van der Waals surface area contributed by atoms with E-state index in [1.807, 2.05) is 18.2 Å². The number of halogens is 2. The van der Waals surface area contributed by atoms with Gasteiger partial charge in [-0.05, 0) is 31.5 Å². The van der Waals surface area contributed by atoms with Gasteiger partial charge in [-0.1, -0.05) is 29.3 Å². The number of hydrogen-bond acceptors (Lipinski definition) is 14. The van der Waals surface area contributed by atoms with Crippen molar-refractivity contribution in [3.05, 3.63) is 58.6 Å². The summed E-state index contributed by atoms with van der Waals surface area (Å²) in [4.78, 5) is 61.5. The number of imide groups is 1. The summed E-state index contributed by atoms with van der Waals surface area (Å²) < 4.78 is 18.4. The summed E-state index contributed by atoms with van der Waals surface area (Å²) >= 11 is 12.2. The highest BCUT2D eigenvalue weighted by Gasteiger charge is 2.42. The number of aliphatic hydroxyl groups is 1. The van der Waals surface area contributed by atoms with Gasteiger partial charge in [0, 0.05) is 45.8 Å². The van der Waals surface area contributed by atoms with Crippen molar-refractivity contribution in [3.8, 4) is 5.88 Å². The molecule has 5 heterocycles. The lowest BCUT2D eigenvalue weighted by atomic mass is 10.0. The second-order valence-corrected chi connectivity index (χ2v) is 13.6. The second kappa shape index (κ2) is 18.0. The van der Waals surface area contributed by atoms with Gasteiger partial charge in [-0.25, -0.2) is 19.3 Å². The molecule has 5 amide bonds. The van der Waals surface area contributed by atoms with Crippen molar-refractivity contribution in [1.29, 1.82) is 0 Å². The molecular weight excluding hydrogens is 773 g/mol. The smallest absolute Gasteiger partial charge is 0.323 e. The zero-order valence-electron chi connectivity index (χ0n) is 30.7. The van der Waals surface area contributed by atoms with Gasteiger partial charge in [0.25, 0.3) is 0 Å². The zero-order valence-corrected chi connectivity index (χ0v) is 32.2. The van der Waals surface area contributed by atoms with E-state index < -0.39 is 30.4 Å². The van der Waals surface area contributed by atoms with E-state index in [1.165, 1.54) is 30.1 Å². The molecule has 0 aliphatic carbocycles. The first-order valence-corrected chi connectivity index (χ1v) is 18.4. The molecule has 3 atom stereocenters. The fraction of sp³-hybridized carbons (Fsp3) is 0.400. The number of para-hydroxylation sites is 1. The minimum absolute atomic E-state index is 0.0448. The number of nitrogens with zero attached hydrogens (tertiary/aromatic N) is 6. The third kappa shape index (κ3) is 9.14. The number of ether oxygens (including phenoxy) is 3. The number of rotatable bonds is 16. The summed E-state index contributed by atoms with van der Waals surface area (Å²) in [5.74, 6) is -0.932. The molecule has 2 aliphatic rings. The molecular formula is C35H41Cl2N11O8. The monoisotopic (exact) mass is 813 g/mol. The largest absolute Gasteiger partial charge is 0.474 e. The van der Waals surface area contributed by atoms with E-state index in [4.69, 9.17) is 37.4 Å². The van der Waals surface area contributed by atoms with Crippen LogP contribution in [-0.4, -0.2) is 108 Å². The van der Waals surface area contributed by atoms with Crippen molar-refractivity contribution in [2.75, 3.05) is 72.8 Å². The molecule has 2 unspecified atom stereocenters. The van der Waals surface area contributed by atoms with Gasteiger partial charge >= 0.3 is 6.03 Å². The first-order chi connectivity index (χ1) is 26.9. The topological polar surface area (TPSA) is 226 Å². The average molecular weight is 815 g/mol. The van der Waals surface area contributed by atoms with Crippen LogP contribution in [0.15, 0.2) is 42.7 Å². The number of carbonyl (C=O) groups is 4. The van der Waals surface area contributed by atoms with Crippen molar-refractivity contribution in [3.63, 3.8) is 0 Å². The Bertz CT molecular complexity index is 2100. The summed E-state index contributed by atoms with van der Waals surface area (Å²) in [6.45, 7) is 2.87. The Labute approximate surface area is 331 Å². The number of aliphatic hydroxyl groups excluding tert-OH is 1. The number of methoxy groups -OCH3 is 1. The van der Waals surface area contributed by atoms with Gasteiger partial charge in [-0.3, -0.25) is 19.7 Å². The molecule has 298 valence electrons. The summed E-state index contributed by atoms with van der Waals surface area (Å²) in [5, 5.41) is 29.5. The Morgan fingerprint density at radius 2 is 1.86 bits per heavy atom. The predicted octanol–water partition coefficient (Wildman–Crippen LogP) is 3.13. The number of hydrogen-bond donors (Lipinski definition) is 6. The summed E-state index contributed by atoms with van der Waals surface area (Å²) in [6, 6.07) is 7.23. The number of piperidine rings is 1. The minimum atomic E-state index is -1.08. The average Bonchev–Trinajstić information content (AvgIpc) is 3.67. The van der Waals surface area contributed by atoms with E-state index in [0.29, 0.717) is 48.0 Å². The molecule has 1 saturated heterocycles. The lowest BCUT2D eigenvalue weighted by molar-refractivity contribution is -0.134. The molecule has 6 N–H and O–H groups in total. The number of benzene rings is 1. The molecule has 0 saturated carbocycles. The van der Waals surface area contributed by atoms with Gasteiger partial charge in [0.1, 0.15) is 18.3 Å². The molecule has 56 heavy (non-hydrogen) atoms. The third-order valence-electron chi connectivity index (χ3n) is 9.03. The predicted molar refractivity (Wildman–Crippen MR) is 207 cm³/mol. The van der Waals surface area contributed by atoms with E-state index >= 15 is 0 Å². The molecule has 21 heteroatoms. The Hall–Kier alpha value is -5.47. The maximum Gasteiger partial charge on any atom is 0.323 e. The van der Waals surface area contributed by atoms with Crippen LogP contribution >= 0.6 is 23.2 Å². The summed E-state index contributed by atoms with van der Waals surface area (Å²) in [6.07, 6.45) is 1.89. The van der Waals surface area contributed by atoms with E-state index in [0.717, 1.165) is 5.69 Å². The van der Waals surface area contributed by atoms with E-state index in [2.05, 4.69) is 41.7 Å². The van der Waals surface area contributed by atoms with E-state index in [1.54, 1.807) is 29.8 Å². The van der Waals surface area contributed by atoms with Crippen LogP contribution in [-0.2, 0) is 23.9 Å². The number of anilines is 5. The van der Waals surface area contributed by atoms with Gasteiger partial charge in [0.05, 0.1) is 65.5 Å². The highest BCUT2D eigenvalue weighted by atomic mass is 35.5. The van der Waals surface area contributed by atoms with Gasteiger partial charge in [0.2, 0.25) is 30.0 Å². The van der Waals surface area contributed by atoms with Crippen molar-refractivity contribution in [1.82, 2.24) is 30.2 Å². The number of amides is 5. The van der Waals surface area contributed by atoms with Crippen LogP contribution in [0.3, 0.4) is 0 Å². The number of pyridine rings is 1. The fourth-order valence-electron chi connectivity index (χ4n) is 6.34. The number of carbonyl (C=O) groups excluding carboxylic acids is 4. The molecule has 6 rings (SSSR count). The van der Waals surface area contributed by atoms with Crippen molar-refractivity contribution >= 4 is 81.0 Å². The molecule has 0 bridgehead atoms. The maximum absolute atomic E-state index is 13.1. The van der Waals surface area contributed by atoms with Crippen LogP contribution in [0.25, 0.3) is 5.65 Å². The Kier molecular flexibility index (Phi) is 12.9. The molecule has 19 nitrogen and oxygen atoms in total. The fourth-order valence-corrected chi connectivity index (χ4v) is 6.67. The minimum Gasteiger partial charge on any atom is -0.474 e. The Balaban J connectivity index is 0.921. The molecule has 2 aliphatic heterocycles. The highest BCUT2D eigenvalue weighted by molar-refractivity contribution is 6.31. The number of fused-ring (bicyclic) bond motifs is 2. The Morgan fingerprint density at radius 1 is 1.05 bits per heavy atom. The summed E-state index contributed by atoms with van der Waals surface area (Å²) in [5.41, 5.74) is 3.63.